The number of hydrogen-bond acceptors (Lipinski definition) is 2. The lowest BCUT2D eigenvalue weighted by atomic mass is 10.1. The van der Waals surface area contributed by atoms with Crippen LogP contribution in [0.3, 0.4) is 0 Å². The maximum Gasteiger partial charge on any atom is 0.139 e. The molecular weight excluding hydrogens is 162 g/mol. The first-order valence-corrected chi connectivity index (χ1v) is 4.51. The largest absolute Gasteiger partial charge is 0.368 e. The van der Waals surface area contributed by atoms with Crippen molar-refractivity contribution in [3.05, 3.63) is 29.8 Å². The summed E-state index contributed by atoms with van der Waals surface area (Å²) in [7, 11) is 1.91. The van der Waals surface area contributed by atoms with Gasteiger partial charge in [-0.05, 0) is 24.1 Å². The summed E-state index contributed by atoms with van der Waals surface area (Å²) in [5.41, 5.74) is 2.41. The number of nitrogens with zero attached hydrogens (tertiary/aromatic N) is 1. The normalized spacial score (nSPS) is 9.69. The van der Waals surface area contributed by atoms with Gasteiger partial charge in [0.2, 0.25) is 0 Å². The zero-order valence-electron chi connectivity index (χ0n) is 8.16. The van der Waals surface area contributed by atoms with Crippen molar-refractivity contribution < 1.29 is 4.79 Å². The molecule has 0 fully saturated rings. The average molecular weight is 177 g/mol. The minimum Gasteiger partial charge on any atom is -0.368 e. The fourth-order valence-electron chi connectivity index (χ4n) is 1.20. The molecule has 0 saturated carbocycles. The van der Waals surface area contributed by atoms with Crippen molar-refractivity contribution in [2.75, 3.05) is 18.5 Å². The summed E-state index contributed by atoms with van der Waals surface area (Å²) in [6.45, 7) is 2.58. The van der Waals surface area contributed by atoms with Crippen molar-refractivity contribution in [2.45, 2.75) is 13.3 Å². The monoisotopic (exact) mass is 177 g/mol. The molecule has 1 aromatic rings. The van der Waals surface area contributed by atoms with Crippen molar-refractivity contribution in [3.63, 3.8) is 0 Å². The molecule has 0 atom stereocenters. The minimum atomic E-state index is 0.450. The molecule has 2 heteroatoms. The minimum absolute atomic E-state index is 0.450. The van der Waals surface area contributed by atoms with Crippen molar-refractivity contribution >= 4 is 12.0 Å². The summed E-state index contributed by atoms with van der Waals surface area (Å²) in [6, 6.07) is 8.28. The maximum atomic E-state index is 10.3. The van der Waals surface area contributed by atoms with Gasteiger partial charge in [0.25, 0.3) is 0 Å². The van der Waals surface area contributed by atoms with E-state index < -0.39 is 0 Å². The number of aryl methyl sites for hydroxylation is 1. The summed E-state index contributed by atoms with van der Waals surface area (Å²) in [5, 5.41) is 0. The summed E-state index contributed by atoms with van der Waals surface area (Å²) < 4.78 is 0. The fraction of sp³-hybridized carbons (Fsp3) is 0.364. The number of hydrogen-bond donors (Lipinski definition) is 0. The number of carbonyl (C=O) groups is 1. The van der Waals surface area contributed by atoms with Gasteiger partial charge in [0.1, 0.15) is 6.29 Å². The van der Waals surface area contributed by atoms with Crippen molar-refractivity contribution in [2.24, 2.45) is 0 Å². The third-order valence-electron chi connectivity index (χ3n) is 2.13. The molecule has 0 bridgehead atoms. The highest BCUT2D eigenvalue weighted by atomic mass is 16.1. The van der Waals surface area contributed by atoms with Gasteiger partial charge in [0, 0.05) is 12.7 Å². The van der Waals surface area contributed by atoms with Crippen LogP contribution in [0.25, 0.3) is 0 Å². The average Bonchev–Trinajstić information content (AvgIpc) is 2.18. The quantitative estimate of drug-likeness (QED) is 0.654. The molecule has 1 aromatic carbocycles. The molecule has 0 aliphatic heterocycles. The van der Waals surface area contributed by atoms with Crippen LogP contribution in [-0.2, 0) is 11.2 Å². The van der Waals surface area contributed by atoms with Crippen LogP contribution in [0, 0.1) is 0 Å². The Morgan fingerprint density at radius 1 is 1.31 bits per heavy atom. The summed E-state index contributed by atoms with van der Waals surface area (Å²) in [4.78, 5) is 12.2. The molecule has 0 N–H and O–H groups in total. The number of likely N-dealkylation sites (N-methyl/N-ethyl adjacent to an activating group) is 1. The number of aldehydes is 1. The van der Waals surface area contributed by atoms with E-state index in [0.29, 0.717) is 6.54 Å². The van der Waals surface area contributed by atoms with E-state index in [0.717, 1.165) is 18.4 Å². The Kier molecular flexibility index (Phi) is 3.50. The zero-order valence-corrected chi connectivity index (χ0v) is 8.16. The second kappa shape index (κ2) is 4.65. The predicted molar refractivity (Wildman–Crippen MR) is 55.2 cm³/mol. The van der Waals surface area contributed by atoms with E-state index in [1.165, 1.54) is 5.56 Å². The van der Waals surface area contributed by atoms with Crippen molar-refractivity contribution in [1.29, 1.82) is 0 Å². The highest BCUT2D eigenvalue weighted by Crippen LogP contribution is 2.13. The molecule has 13 heavy (non-hydrogen) atoms. The molecular formula is C11H15NO. The third-order valence-corrected chi connectivity index (χ3v) is 2.13. The standard InChI is InChI=1S/C11H15NO/c1-3-10-4-6-11(7-5-10)12(2)8-9-13/h4-7,9H,3,8H2,1-2H3. The first kappa shape index (κ1) is 9.78. The van der Waals surface area contributed by atoms with Gasteiger partial charge in [-0.1, -0.05) is 19.1 Å². The molecule has 0 spiro atoms. The molecule has 0 heterocycles. The number of carbonyl (C=O) groups excluding carboxylic acids is 1. The zero-order chi connectivity index (χ0) is 9.68. The summed E-state index contributed by atoms with van der Waals surface area (Å²) >= 11 is 0. The molecule has 0 saturated heterocycles. The Hall–Kier alpha value is -1.31. The van der Waals surface area contributed by atoms with Crippen molar-refractivity contribution in [1.82, 2.24) is 0 Å². The molecule has 2 nitrogen and oxygen atoms in total. The molecule has 0 aromatic heterocycles. The highest BCUT2D eigenvalue weighted by molar-refractivity contribution is 5.60. The lowest BCUT2D eigenvalue weighted by Gasteiger charge is -2.15. The molecule has 0 unspecified atom stereocenters. The van der Waals surface area contributed by atoms with Crippen LogP contribution in [0.4, 0.5) is 5.69 Å². The topological polar surface area (TPSA) is 20.3 Å². The SMILES string of the molecule is CCc1ccc(N(C)CC=O)cc1. The van der Waals surface area contributed by atoms with E-state index in [9.17, 15) is 4.79 Å². The van der Waals surface area contributed by atoms with E-state index in [-0.39, 0.29) is 0 Å². The van der Waals surface area contributed by atoms with Gasteiger partial charge < -0.3 is 9.69 Å². The van der Waals surface area contributed by atoms with Crippen LogP contribution in [-0.4, -0.2) is 19.9 Å². The van der Waals surface area contributed by atoms with Crippen LogP contribution >= 0.6 is 0 Å². The first-order valence-electron chi connectivity index (χ1n) is 4.51. The molecule has 0 aliphatic rings. The van der Waals surface area contributed by atoms with E-state index in [2.05, 4.69) is 19.1 Å². The number of rotatable bonds is 4. The third kappa shape index (κ3) is 2.58. The Morgan fingerprint density at radius 3 is 2.38 bits per heavy atom. The summed E-state index contributed by atoms with van der Waals surface area (Å²) in [5.74, 6) is 0. The van der Waals surface area contributed by atoms with Crippen LogP contribution in [0.1, 0.15) is 12.5 Å². The Bertz CT molecular complexity index is 266. The second-order valence-electron chi connectivity index (χ2n) is 3.07. The molecule has 1 rings (SSSR count). The highest BCUT2D eigenvalue weighted by Gasteiger charge is 1.98. The van der Waals surface area contributed by atoms with E-state index in [1.54, 1.807) is 0 Å². The Morgan fingerprint density at radius 2 is 1.92 bits per heavy atom. The van der Waals surface area contributed by atoms with Gasteiger partial charge in [-0.15, -0.1) is 0 Å². The molecule has 0 radical (unpaired) electrons. The Labute approximate surface area is 79.2 Å². The van der Waals surface area contributed by atoms with E-state index in [4.69, 9.17) is 0 Å². The smallest absolute Gasteiger partial charge is 0.139 e. The van der Waals surface area contributed by atoms with Crippen molar-refractivity contribution in [3.8, 4) is 0 Å². The van der Waals surface area contributed by atoms with Gasteiger partial charge in [0.05, 0.1) is 6.54 Å². The van der Waals surface area contributed by atoms with Crippen LogP contribution < -0.4 is 4.90 Å². The van der Waals surface area contributed by atoms with Crippen LogP contribution in [0.15, 0.2) is 24.3 Å². The molecule has 0 aliphatic carbocycles. The summed E-state index contributed by atoms with van der Waals surface area (Å²) in [6.07, 6.45) is 1.96. The van der Waals surface area contributed by atoms with E-state index in [1.807, 2.05) is 24.1 Å². The van der Waals surface area contributed by atoms with E-state index >= 15 is 0 Å². The molecule has 70 valence electrons. The fourth-order valence-corrected chi connectivity index (χ4v) is 1.20. The second-order valence-corrected chi connectivity index (χ2v) is 3.07. The first-order chi connectivity index (χ1) is 6.27. The maximum absolute atomic E-state index is 10.3. The Balaban J connectivity index is 2.73. The van der Waals surface area contributed by atoms with Crippen LogP contribution in [0.5, 0.6) is 0 Å². The van der Waals surface area contributed by atoms with Crippen LogP contribution in [0.2, 0.25) is 0 Å². The van der Waals surface area contributed by atoms with Gasteiger partial charge >= 0.3 is 0 Å². The van der Waals surface area contributed by atoms with Gasteiger partial charge in [-0.25, -0.2) is 0 Å². The molecule has 0 amide bonds. The number of anilines is 1. The lowest BCUT2D eigenvalue weighted by molar-refractivity contribution is -0.106. The van der Waals surface area contributed by atoms with Gasteiger partial charge in [-0.2, -0.15) is 0 Å². The lowest BCUT2D eigenvalue weighted by Crippen LogP contribution is -2.19. The van der Waals surface area contributed by atoms with Gasteiger partial charge in [0.15, 0.2) is 0 Å². The number of benzene rings is 1. The van der Waals surface area contributed by atoms with Gasteiger partial charge in [-0.3, -0.25) is 0 Å². The predicted octanol–water partition coefficient (Wildman–Crippen LogP) is 1.88.